The first-order valence-electron chi connectivity index (χ1n) is 21.7. The quantitative estimate of drug-likeness (QED) is 0.167. The molecule has 0 amide bonds. The van der Waals surface area contributed by atoms with Crippen LogP contribution >= 0.6 is 0 Å². The fourth-order valence-corrected chi connectivity index (χ4v) is 10.7. The molecule has 1 spiro atoms. The van der Waals surface area contributed by atoms with Crippen LogP contribution in [-0.2, 0) is 5.41 Å². The first-order valence-corrected chi connectivity index (χ1v) is 21.7. The zero-order valence-corrected chi connectivity index (χ0v) is 34.4. The van der Waals surface area contributed by atoms with Crippen molar-refractivity contribution in [1.82, 2.24) is 0 Å². The molecule has 0 atom stereocenters. The molecule has 11 aromatic rings. The van der Waals surface area contributed by atoms with E-state index in [4.69, 9.17) is 4.42 Å². The predicted octanol–water partition coefficient (Wildman–Crippen LogP) is 16.4. The van der Waals surface area contributed by atoms with E-state index in [1.165, 1.54) is 66.8 Å². The van der Waals surface area contributed by atoms with Crippen molar-refractivity contribution in [1.29, 1.82) is 0 Å². The highest BCUT2D eigenvalue weighted by Gasteiger charge is 2.51. The zero-order chi connectivity index (χ0) is 41.5. The van der Waals surface area contributed by atoms with Crippen molar-refractivity contribution in [3.8, 4) is 55.6 Å². The molecule has 2 aliphatic rings. The fourth-order valence-electron chi connectivity index (χ4n) is 10.7. The molecule has 63 heavy (non-hydrogen) atoms. The minimum absolute atomic E-state index is 0.375. The summed E-state index contributed by atoms with van der Waals surface area (Å²) in [4.78, 5) is 2.35. The first kappa shape index (κ1) is 35.5. The maximum atomic E-state index is 6.44. The van der Waals surface area contributed by atoms with Gasteiger partial charge in [0, 0.05) is 33.4 Å². The summed E-state index contributed by atoms with van der Waals surface area (Å²) < 4.78 is 6.44. The van der Waals surface area contributed by atoms with Gasteiger partial charge >= 0.3 is 0 Å². The van der Waals surface area contributed by atoms with Crippen LogP contribution in [0.15, 0.2) is 241 Å². The van der Waals surface area contributed by atoms with Crippen LogP contribution in [-0.4, -0.2) is 0 Å². The van der Waals surface area contributed by atoms with Gasteiger partial charge in [-0.15, -0.1) is 0 Å². The second kappa shape index (κ2) is 13.9. The monoisotopic (exact) mass is 801 g/mol. The molecule has 2 nitrogen and oxygen atoms in total. The summed E-state index contributed by atoms with van der Waals surface area (Å²) in [6.45, 7) is 0. The van der Waals surface area contributed by atoms with Crippen molar-refractivity contribution in [3.63, 3.8) is 0 Å². The first-order chi connectivity index (χ1) is 31.2. The summed E-state index contributed by atoms with van der Waals surface area (Å²) in [7, 11) is 0. The summed E-state index contributed by atoms with van der Waals surface area (Å²) in [5, 5.41) is 2.27. The molecular weight excluding hydrogens is 763 g/mol. The van der Waals surface area contributed by atoms with Crippen LogP contribution in [0.2, 0.25) is 0 Å². The lowest BCUT2D eigenvalue weighted by molar-refractivity contribution is 0.670. The Kier molecular flexibility index (Phi) is 7.85. The number of hydrogen-bond donors (Lipinski definition) is 0. The minimum atomic E-state index is -0.375. The smallest absolute Gasteiger partial charge is 0.143 e. The maximum absolute atomic E-state index is 6.44. The third-order valence-electron chi connectivity index (χ3n) is 13.5. The minimum Gasteiger partial charge on any atom is -0.455 e. The second-order valence-electron chi connectivity index (χ2n) is 16.8. The maximum Gasteiger partial charge on any atom is 0.143 e. The highest BCUT2D eigenvalue weighted by molar-refractivity contribution is 6.09. The zero-order valence-electron chi connectivity index (χ0n) is 34.4. The fraction of sp³-hybridized carbons (Fsp3) is 0.0164. The van der Waals surface area contributed by atoms with E-state index in [2.05, 4.69) is 229 Å². The normalized spacial score (nSPS) is 12.9. The van der Waals surface area contributed by atoms with E-state index in [0.29, 0.717) is 0 Å². The largest absolute Gasteiger partial charge is 0.455 e. The van der Waals surface area contributed by atoms with E-state index in [0.717, 1.165) is 50.1 Å². The molecule has 0 fully saturated rings. The third-order valence-corrected chi connectivity index (χ3v) is 13.5. The summed E-state index contributed by atoms with van der Waals surface area (Å²) in [5.74, 6) is 0. The highest BCUT2D eigenvalue weighted by Crippen LogP contribution is 2.63. The van der Waals surface area contributed by atoms with Gasteiger partial charge in [-0.05, 0) is 121 Å². The molecule has 0 bridgehead atoms. The molecular formula is C61H39NO. The Balaban J connectivity index is 0.909. The number of nitrogens with zero attached hydrogens (tertiary/aromatic N) is 1. The number of hydrogen-bond acceptors (Lipinski definition) is 2. The number of anilines is 3. The van der Waals surface area contributed by atoms with Crippen LogP contribution in [0.25, 0.3) is 77.6 Å². The van der Waals surface area contributed by atoms with Gasteiger partial charge in [0.05, 0.1) is 5.41 Å². The lowest BCUT2D eigenvalue weighted by Crippen LogP contribution is -2.25. The van der Waals surface area contributed by atoms with Gasteiger partial charge in [-0.3, -0.25) is 0 Å². The van der Waals surface area contributed by atoms with Crippen LogP contribution in [0.1, 0.15) is 22.3 Å². The molecule has 0 saturated carbocycles. The molecule has 0 N–H and O–H groups in total. The van der Waals surface area contributed by atoms with E-state index in [9.17, 15) is 0 Å². The molecule has 0 saturated heterocycles. The molecule has 294 valence electrons. The van der Waals surface area contributed by atoms with E-state index in [1.807, 2.05) is 12.1 Å². The SMILES string of the molecule is c1ccc(-c2ccc(N(c3ccc(-c4ccc5c(c4)C4(c6ccccc6-c6ccccc64)c4ccccc4-5)cc3)c3ccc(-c4cccc5c4oc4ccccc45)cc3)cc2)cc1. The molecule has 13 rings (SSSR count). The summed E-state index contributed by atoms with van der Waals surface area (Å²) in [6, 6.07) is 86.3. The molecule has 10 aromatic carbocycles. The molecule has 2 heteroatoms. The molecule has 0 aliphatic heterocycles. The Morgan fingerprint density at radius 1 is 0.286 bits per heavy atom. The highest BCUT2D eigenvalue weighted by atomic mass is 16.3. The topological polar surface area (TPSA) is 16.4 Å². The van der Waals surface area contributed by atoms with Crippen molar-refractivity contribution in [2.24, 2.45) is 0 Å². The number of benzene rings is 10. The van der Waals surface area contributed by atoms with Crippen LogP contribution < -0.4 is 4.90 Å². The van der Waals surface area contributed by atoms with Crippen molar-refractivity contribution in [2.45, 2.75) is 5.41 Å². The summed E-state index contributed by atoms with van der Waals surface area (Å²) >= 11 is 0. The number of fused-ring (bicyclic) bond motifs is 13. The van der Waals surface area contributed by atoms with E-state index in [-0.39, 0.29) is 5.41 Å². The third kappa shape index (κ3) is 5.32. The van der Waals surface area contributed by atoms with Gasteiger partial charge < -0.3 is 9.32 Å². The Bertz CT molecular complexity index is 3480. The van der Waals surface area contributed by atoms with Gasteiger partial charge in [-0.2, -0.15) is 0 Å². The van der Waals surface area contributed by atoms with Crippen molar-refractivity contribution in [3.05, 3.63) is 259 Å². The van der Waals surface area contributed by atoms with Gasteiger partial charge in [0.2, 0.25) is 0 Å². The molecule has 2 aliphatic carbocycles. The summed E-state index contributed by atoms with van der Waals surface area (Å²) in [5.41, 5.74) is 22.4. The second-order valence-corrected chi connectivity index (χ2v) is 16.8. The van der Waals surface area contributed by atoms with Crippen LogP contribution in [0, 0.1) is 0 Å². The van der Waals surface area contributed by atoms with Crippen molar-refractivity contribution < 1.29 is 4.42 Å². The van der Waals surface area contributed by atoms with Crippen molar-refractivity contribution >= 4 is 39.0 Å². The van der Waals surface area contributed by atoms with Gasteiger partial charge in [0.1, 0.15) is 11.2 Å². The number of rotatable bonds is 6. The molecule has 1 heterocycles. The lowest BCUT2D eigenvalue weighted by Gasteiger charge is -2.30. The predicted molar refractivity (Wildman–Crippen MR) is 261 cm³/mol. The molecule has 0 unspecified atom stereocenters. The Morgan fingerprint density at radius 3 is 1.32 bits per heavy atom. The van der Waals surface area contributed by atoms with Gasteiger partial charge in [-0.25, -0.2) is 0 Å². The van der Waals surface area contributed by atoms with E-state index in [1.54, 1.807) is 0 Å². The standard InChI is InChI=1S/C61H39NO/c1-2-13-40(14-3-1)41-25-32-45(33-26-41)62(47-36-29-43(30-37-47)48-19-12-20-54-53-18-7-11-24-59(53)63-60(48)54)46-34-27-42(28-35-46)44-31-38-52-51-17-6-10-23-57(51)61(58(52)39-44)55-21-8-4-15-49(55)50-16-5-9-22-56(50)61/h1-39H. The Hall–Kier alpha value is -8.20. The van der Waals surface area contributed by atoms with Crippen molar-refractivity contribution in [2.75, 3.05) is 4.90 Å². The molecule has 0 radical (unpaired) electrons. The average molecular weight is 802 g/mol. The number of furan rings is 1. The number of para-hydroxylation sites is 2. The van der Waals surface area contributed by atoms with Gasteiger partial charge in [-0.1, -0.05) is 188 Å². The van der Waals surface area contributed by atoms with Crippen LogP contribution in [0.4, 0.5) is 17.1 Å². The van der Waals surface area contributed by atoms with Gasteiger partial charge in [0.25, 0.3) is 0 Å². The Labute approximate surface area is 366 Å². The lowest BCUT2D eigenvalue weighted by atomic mass is 9.70. The van der Waals surface area contributed by atoms with Gasteiger partial charge in [0.15, 0.2) is 0 Å². The Morgan fingerprint density at radius 2 is 0.714 bits per heavy atom. The average Bonchev–Trinajstić information content (AvgIpc) is 3.99. The van der Waals surface area contributed by atoms with E-state index < -0.39 is 0 Å². The molecule has 1 aromatic heterocycles. The summed E-state index contributed by atoms with van der Waals surface area (Å²) in [6.07, 6.45) is 0. The van der Waals surface area contributed by atoms with E-state index >= 15 is 0 Å². The van der Waals surface area contributed by atoms with Crippen LogP contribution in [0.3, 0.4) is 0 Å². The van der Waals surface area contributed by atoms with Crippen LogP contribution in [0.5, 0.6) is 0 Å².